The summed E-state index contributed by atoms with van der Waals surface area (Å²) in [5.74, 6) is 1.63. The number of nitrogens with two attached hydrogens (primary N) is 1. The molecular weight excluding hydrogens is 368 g/mol. The number of primary amides is 1. The van der Waals surface area contributed by atoms with E-state index in [1.54, 1.807) is 18.4 Å². The minimum absolute atomic E-state index is 0.218. The van der Waals surface area contributed by atoms with Gasteiger partial charge in [0.1, 0.15) is 5.69 Å². The summed E-state index contributed by atoms with van der Waals surface area (Å²) >= 11 is 0. The molecule has 0 unspecified atom stereocenters. The lowest BCUT2D eigenvalue weighted by atomic mass is 10.00. The predicted molar refractivity (Wildman–Crippen MR) is 107 cm³/mol. The third-order valence-corrected chi connectivity index (χ3v) is 4.77. The number of carbonyl (C=O) groups is 1. The van der Waals surface area contributed by atoms with E-state index >= 15 is 0 Å². The Kier molecular flexibility index (Phi) is 4.02. The summed E-state index contributed by atoms with van der Waals surface area (Å²) in [5, 5.41) is 0. The molecule has 3 heterocycles. The second-order valence-corrected chi connectivity index (χ2v) is 6.61. The molecule has 1 aliphatic rings. The van der Waals surface area contributed by atoms with E-state index in [-0.39, 0.29) is 6.79 Å². The van der Waals surface area contributed by atoms with Crippen LogP contribution in [0.1, 0.15) is 10.4 Å². The summed E-state index contributed by atoms with van der Waals surface area (Å²) < 4.78 is 16.5. The quantitative estimate of drug-likeness (QED) is 0.560. The molecular formula is C23H16N2O4. The van der Waals surface area contributed by atoms with Gasteiger partial charge < -0.3 is 19.6 Å². The van der Waals surface area contributed by atoms with Crippen molar-refractivity contribution in [2.45, 2.75) is 0 Å². The number of rotatable bonds is 4. The zero-order valence-corrected chi connectivity index (χ0v) is 15.3. The zero-order chi connectivity index (χ0) is 19.8. The van der Waals surface area contributed by atoms with E-state index in [1.165, 1.54) is 0 Å². The zero-order valence-electron chi connectivity index (χ0n) is 15.3. The average Bonchev–Trinajstić information content (AvgIpc) is 3.45. The first-order chi connectivity index (χ1) is 14.2. The van der Waals surface area contributed by atoms with Crippen molar-refractivity contribution in [3.05, 3.63) is 78.6 Å². The van der Waals surface area contributed by atoms with E-state index in [2.05, 4.69) is 0 Å². The fourth-order valence-corrected chi connectivity index (χ4v) is 3.28. The fraction of sp³-hybridized carbons (Fsp3) is 0.0435. The molecule has 5 rings (SSSR count). The molecule has 142 valence electrons. The lowest BCUT2D eigenvalue weighted by Gasteiger charge is -2.10. The van der Waals surface area contributed by atoms with Crippen LogP contribution < -0.4 is 15.2 Å². The first-order valence-electron chi connectivity index (χ1n) is 9.03. The van der Waals surface area contributed by atoms with Gasteiger partial charge in [-0.05, 0) is 65.7 Å². The molecule has 2 N–H and O–H groups in total. The van der Waals surface area contributed by atoms with Gasteiger partial charge in [-0.1, -0.05) is 12.1 Å². The fourth-order valence-electron chi connectivity index (χ4n) is 3.28. The lowest BCUT2D eigenvalue weighted by molar-refractivity contribution is 0.100. The molecule has 6 nitrogen and oxygen atoms in total. The van der Waals surface area contributed by atoms with Crippen molar-refractivity contribution in [2.24, 2.45) is 5.73 Å². The van der Waals surface area contributed by atoms with Crippen LogP contribution in [-0.4, -0.2) is 17.7 Å². The number of amides is 1. The molecule has 1 aliphatic heterocycles. The highest BCUT2D eigenvalue weighted by molar-refractivity contribution is 5.93. The highest BCUT2D eigenvalue weighted by atomic mass is 16.7. The first-order valence-corrected chi connectivity index (χ1v) is 9.03. The van der Waals surface area contributed by atoms with Gasteiger partial charge in [0.05, 0.1) is 12.0 Å². The average molecular weight is 384 g/mol. The maximum Gasteiger partial charge on any atom is 0.248 e. The predicted octanol–water partition coefficient (Wildman–Crippen LogP) is 4.50. The Hall–Kier alpha value is -4.06. The molecule has 6 heteroatoms. The topological polar surface area (TPSA) is 87.6 Å². The number of aromatic nitrogens is 1. The molecule has 0 saturated carbocycles. The highest BCUT2D eigenvalue weighted by Crippen LogP contribution is 2.37. The number of carbonyl (C=O) groups excluding carboxylic acids is 1. The molecule has 1 amide bonds. The van der Waals surface area contributed by atoms with Gasteiger partial charge in [0.25, 0.3) is 0 Å². The lowest BCUT2D eigenvalue weighted by Crippen LogP contribution is -2.10. The molecule has 0 spiro atoms. The summed E-state index contributed by atoms with van der Waals surface area (Å²) in [6.45, 7) is 0.218. The number of furan rings is 1. The van der Waals surface area contributed by atoms with Crippen molar-refractivity contribution in [3.63, 3.8) is 0 Å². The summed E-state index contributed by atoms with van der Waals surface area (Å²) in [4.78, 5) is 16.1. The van der Waals surface area contributed by atoms with Gasteiger partial charge in [-0.2, -0.15) is 0 Å². The highest BCUT2D eigenvalue weighted by Gasteiger charge is 2.16. The summed E-state index contributed by atoms with van der Waals surface area (Å²) in [6, 6.07) is 20.5. The largest absolute Gasteiger partial charge is 0.463 e. The second-order valence-electron chi connectivity index (χ2n) is 6.61. The molecule has 0 fully saturated rings. The van der Waals surface area contributed by atoms with Crippen LogP contribution >= 0.6 is 0 Å². The maximum atomic E-state index is 11.4. The Balaban J connectivity index is 1.64. The number of hydrogen-bond donors (Lipinski definition) is 1. The summed E-state index contributed by atoms with van der Waals surface area (Å²) in [7, 11) is 0. The van der Waals surface area contributed by atoms with Crippen LogP contribution in [0.3, 0.4) is 0 Å². The van der Waals surface area contributed by atoms with E-state index in [0.29, 0.717) is 22.8 Å². The number of ether oxygens (including phenoxy) is 2. The van der Waals surface area contributed by atoms with Crippen LogP contribution in [0.25, 0.3) is 33.8 Å². The molecule has 29 heavy (non-hydrogen) atoms. The SMILES string of the molecule is NC(=O)c1ccc(-c2cc(-c3ccc4c(c3)OCO4)nc(-c3ccco3)c2)cc1. The Morgan fingerprint density at radius 2 is 1.59 bits per heavy atom. The monoisotopic (exact) mass is 384 g/mol. The van der Waals surface area contributed by atoms with Gasteiger partial charge in [0.15, 0.2) is 17.3 Å². The van der Waals surface area contributed by atoms with Crippen LogP contribution in [0.4, 0.5) is 0 Å². The maximum absolute atomic E-state index is 11.4. The number of nitrogens with zero attached hydrogens (tertiary/aromatic N) is 1. The molecule has 4 aromatic rings. The third-order valence-electron chi connectivity index (χ3n) is 4.77. The molecule has 0 aliphatic carbocycles. The minimum Gasteiger partial charge on any atom is -0.463 e. The molecule has 0 atom stereocenters. The van der Waals surface area contributed by atoms with Gasteiger partial charge >= 0.3 is 0 Å². The molecule has 0 radical (unpaired) electrons. The van der Waals surface area contributed by atoms with E-state index in [0.717, 1.165) is 28.1 Å². The third kappa shape index (κ3) is 3.21. The second kappa shape index (κ2) is 6.83. The molecule has 0 bridgehead atoms. The Morgan fingerprint density at radius 3 is 2.34 bits per heavy atom. The summed E-state index contributed by atoms with van der Waals surface area (Å²) in [5.41, 5.74) is 10.1. The van der Waals surface area contributed by atoms with E-state index in [9.17, 15) is 4.79 Å². The van der Waals surface area contributed by atoms with Gasteiger partial charge in [0, 0.05) is 11.1 Å². The van der Waals surface area contributed by atoms with Crippen molar-refractivity contribution < 1.29 is 18.7 Å². The Labute approximate surface area is 166 Å². The molecule has 0 saturated heterocycles. The van der Waals surface area contributed by atoms with Crippen molar-refractivity contribution in [1.29, 1.82) is 0 Å². The Morgan fingerprint density at radius 1 is 0.828 bits per heavy atom. The number of pyridine rings is 1. The van der Waals surface area contributed by atoms with E-state index in [1.807, 2.05) is 54.6 Å². The number of hydrogen-bond acceptors (Lipinski definition) is 5. The van der Waals surface area contributed by atoms with Crippen molar-refractivity contribution in [3.8, 4) is 45.3 Å². The number of fused-ring (bicyclic) bond motifs is 1. The van der Waals surface area contributed by atoms with Crippen LogP contribution in [0.15, 0.2) is 77.4 Å². The minimum atomic E-state index is -0.455. The van der Waals surface area contributed by atoms with Gasteiger partial charge in [-0.25, -0.2) is 4.98 Å². The van der Waals surface area contributed by atoms with E-state index in [4.69, 9.17) is 24.6 Å². The Bertz CT molecular complexity index is 1200. The first kappa shape index (κ1) is 17.1. The standard InChI is InChI=1S/C23H16N2O4/c24-23(26)15-5-3-14(4-6-15)17-10-18(25-19(11-17)20-2-1-9-27-20)16-7-8-21-22(12-16)29-13-28-21/h1-12H,13H2,(H2,24,26). The van der Waals surface area contributed by atoms with Crippen LogP contribution in [0.2, 0.25) is 0 Å². The van der Waals surface area contributed by atoms with Crippen molar-refractivity contribution in [2.75, 3.05) is 6.79 Å². The van der Waals surface area contributed by atoms with Crippen molar-refractivity contribution >= 4 is 5.91 Å². The van der Waals surface area contributed by atoms with E-state index < -0.39 is 5.91 Å². The van der Waals surface area contributed by atoms with Gasteiger partial charge in [0.2, 0.25) is 12.7 Å². The van der Waals surface area contributed by atoms with Crippen LogP contribution in [0, 0.1) is 0 Å². The van der Waals surface area contributed by atoms with Crippen LogP contribution in [0.5, 0.6) is 11.5 Å². The molecule has 2 aromatic carbocycles. The molecule has 2 aromatic heterocycles. The normalized spacial score (nSPS) is 12.1. The van der Waals surface area contributed by atoms with Crippen LogP contribution in [-0.2, 0) is 0 Å². The van der Waals surface area contributed by atoms with Crippen molar-refractivity contribution in [1.82, 2.24) is 4.98 Å². The van der Waals surface area contributed by atoms with Gasteiger partial charge in [-0.15, -0.1) is 0 Å². The number of benzene rings is 2. The smallest absolute Gasteiger partial charge is 0.248 e. The summed E-state index contributed by atoms with van der Waals surface area (Å²) in [6.07, 6.45) is 1.62. The van der Waals surface area contributed by atoms with Gasteiger partial charge in [-0.3, -0.25) is 4.79 Å².